The second-order valence-electron chi connectivity index (χ2n) is 3.66. The van der Waals surface area contributed by atoms with E-state index in [1.165, 1.54) is 6.20 Å². The molecule has 0 saturated heterocycles. The summed E-state index contributed by atoms with van der Waals surface area (Å²) < 4.78 is 5.20. The Labute approximate surface area is 92.8 Å². The van der Waals surface area contributed by atoms with Gasteiger partial charge in [0.2, 0.25) is 0 Å². The second kappa shape index (κ2) is 4.30. The van der Waals surface area contributed by atoms with Crippen LogP contribution >= 0.6 is 0 Å². The molecule has 2 heterocycles. The zero-order valence-corrected chi connectivity index (χ0v) is 9.23. The van der Waals surface area contributed by atoms with Crippen LogP contribution in [0.1, 0.15) is 30.6 Å². The second-order valence-corrected chi connectivity index (χ2v) is 3.66. The maximum Gasteiger partial charge on any atom is 0.339 e. The van der Waals surface area contributed by atoms with E-state index in [1.807, 2.05) is 13.8 Å². The Bertz CT molecular complexity index is 507. The molecule has 0 spiro atoms. The van der Waals surface area contributed by atoms with Crippen molar-refractivity contribution in [2.45, 2.75) is 26.4 Å². The number of nitrogens with one attached hydrogen (secondary N) is 1. The highest BCUT2D eigenvalue weighted by atomic mass is 16.5. The fourth-order valence-electron chi connectivity index (χ4n) is 1.28. The molecular formula is C11H13N3O2. The maximum atomic E-state index is 11.7. The summed E-state index contributed by atoms with van der Waals surface area (Å²) in [5.74, 6) is -0.343. The van der Waals surface area contributed by atoms with Gasteiger partial charge in [0.05, 0.1) is 17.9 Å². The van der Waals surface area contributed by atoms with E-state index < -0.39 is 0 Å². The Morgan fingerprint density at radius 3 is 3.12 bits per heavy atom. The highest BCUT2D eigenvalue weighted by molar-refractivity contribution is 5.92. The first-order valence-corrected chi connectivity index (χ1v) is 5.20. The number of carbonyl (C=O) groups is 1. The molecule has 0 saturated carbocycles. The van der Waals surface area contributed by atoms with Gasteiger partial charge in [-0.05, 0) is 19.4 Å². The van der Waals surface area contributed by atoms with E-state index in [2.05, 4.69) is 15.2 Å². The number of H-pyrrole nitrogens is 1. The van der Waals surface area contributed by atoms with Gasteiger partial charge < -0.3 is 4.74 Å². The third kappa shape index (κ3) is 2.03. The fraction of sp³-hybridized carbons (Fsp3) is 0.364. The molecule has 0 bridgehead atoms. The molecule has 5 nitrogen and oxygen atoms in total. The maximum absolute atomic E-state index is 11.7. The lowest BCUT2D eigenvalue weighted by atomic mass is 10.2. The number of esters is 1. The molecule has 0 fully saturated rings. The van der Waals surface area contributed by atoms with Crippen molar-refractivity contribution in [3.63, 3.8) is 0 Å². The van der Waals surface area contributed by atoms with Gasteiger partial charge in [-0.25, -0.2) is 9.78 Å². The number of ether oxygens (including phenoxy) is 1. The topological polar surface area (TPSA) is 67.9 Å². The predicted octanol–water partition coefficient (Wildman–Crippen LogP) is 1.91. The molecule has 2 aromatic heterocycles. The molecule has 0 radical (unpaired) electrons. The van der Waals surface area contributed by atoms with Crippen molar-refractivity contribution in [1.82, 2.24) is 15.2 Å². The van der Waals surface area contributed by atoms with Crippen LogP contribution in [0.5, 0.6) is 0 Å². The highest BCUT2D eigenvalue weighted by Crippen LogP contribution is 2.11. The van der Waals surface area contributed by atoms with Crippen LogP contribution in [0.2, 0.25) is 0 Å². The number of carbonyl (C=O) groups excluding carboxylic acids is 1. The SMILES string of the molecule is CCC(C)OC(=O)c1cnc2[nH]ncc2c1. The van der Waals surface area contributed by atoms with Crippen molar-refractivity contribution in [2.24, 2.45) is 0 Å². The Balaban J connectivity index is 2.22. The van der Waals surface area contributed by atoms with Crippen LogP contribution < -0.4 is 0 Å². The Kier molecular flexibility index (Phi) is 2.85. The van der Waals surface area contributed by atoms with E-state index in [9.17, 15) is 4.79 Å². The smallest absolute Gasteiger partial charge is 0.339 e. The van der Waals surface area contributed by atoms with E-state index in [0.717, 1.165) is 11.8 Å². The van der Waals surface area contributed by atoms with Gasteiger partial charge in [-0.15, -0.1) is 0 Å². The molecule has 2 aromatic rings. The van der Waals surface area contributed by atoms with Crippen molar-refractivity contribution in [1.29, 1.82) is 0 Å². The summed E-state index contributed by atoms with van der Waals surface area (Å²) in [4.78, 5) is 15.8. The van der Waals surface area contributed by atoms with Gasteiger partial charge in [0.25, 0.3) is 0 Å². The zero-order valence-electron chi connectivity index (χ0n) is 9.23. The molecule has 16 heavy (non-hydrogen) atoms. The molecule has 1 unspecified atom stereocenters. The first-order chi connectivity index (χ1) is 7.70. The molecular weight excluding hydrogens is 206 g/mol. The molecule has 2 rings (SSSR count). The fourth-order valence-corrected chi connectivity index (χ4v) is 1.28. The van der Waals surface area contributed by atoms with E-state index in [0.29, 0.717) is 11.2 Å². The summed E-state index contributed by atoms with van der Waals surface area (Å²) >= 11 is 0. The van der Waals surface area contributed by atoms with Gasteiger partial charge >= 0.3 is 5.97 Å². The van der Waals surface area contributed by atoms with Crippen molar-refractivity contribution < 1.29 is 9.53 Å². The van der Waals surface area contributed by atoms with Gasteiger partial charge in [0.1, 0.15) is 0 Å². The minimum absolute atomic E-state index is 0.0763. The number of nitrogens with zero attached hydrogens (tertiary/aromatic N) is 2. The molecule has 0 aliphatic rings. The minimum atomic E-state index is -0.343. The Morgan fingerprint density at radius 1 is 1.56 bits per heavy atom. The van der Waals surface area contributed by atoms with Crippen LogP contribution in [-0.4, -0.2) is 27.3 Å². The number of aromatic nitrogens is 3. The quantitative estimate of drug-likeness (QED) is 0.801. The average molecular weight is 219 g/mol. The van der Waals surface area contributed by atoms with Crippen molar-refractivity contribution in [2.75, 3.05) is 0 Å². The molecule has 0 aliphatic heterocycles. The van der Waals surface area contributed by atoms with E-state index in [1.54, 1.807) is 12.3 Å². The van der Waals surface area contributed by atoms with E-state index in [-0.39, 0.29) is 12.1 Å². The number of aromatic amines is 1. The number of hydrogen-bond acceptors (Lipinski definition) is 4. The predicted molar refractivity (Wildman–Crippen MR) is 59.1 cm³/mol. The van der Waals surface area contributed by atoms with Gasteiger partial charge in [-0.1, -0.05) is 6.92 Å². The summed E-state index contributed by atoms with van der Waals surface area (Å²) in [7, 11) is 0. The number of pyridine rings is 1. The van der Waals surface area contributed by atoms with Crippen LogP contribution in [0.4, 0.5) is 0 Å². The molecule has 84 valence electrons. The van der Waals surface area contributed by atoms with Gasteiger partial charge in [0.15, 0.2) is 5.65 Å². The van der Waals surface area contributed by atoms with Gasteiger partial charge in [-0.3, -0.25) is 5.10 Å². The van der Waals surface area contributed by atoms with Crippen LogP contribution in [-0.2, 0) is 4.74 Å². The lowest BCUT2D eigenvalue weighted by molar-refractivity contribution is 0.0334. The van der Waals surface area contributed by atoms with E-state index >= 15 is 0 Å². The molecule has 1 N–H and O–H groups in total. The minimum Gasteiger partial charge on any atom is -0.459 e. The number of hydrogen-bond donors (Lipinski definition) is 1. The lowest BCUT2D eigenvalue weighted by Gasteiger charge is -2.10. The summed E-state index contributed by atoms with van der Waals surface area (Å²) in [5.41, 5.74) is 1.12. The summed E-state index contributed by atoms with van der Waals surface area (Å²) in [5, 5.41) is 7.37. The normalized spacial score (nSPS) is 12.6. The molecule has 1 atom stereocenters. The molecule has 5 heteroatoms. The highest BCUT2D eigenvalue weighted by Gasteiger charge is 2.12. The summed E-state index contributed by atoms with van der Waals surface area (Å²) in [6.45, 7) is 3.83. The summed E-state index contributed by atoms with van der Waals surface area (Å²) in [6, 6.07) is 1.72. The first-order valence-electron chi connectivity index (χ1n) is 5.20. The lowest BCUT2D eigenvalue weighted by Crippen LogP contribution is -2.14. The monoisotopic (exact) mass is 219 g/mol. The Morgan fingerprint density at radius 2 is 2.38 bits per heavy atom. The van der Waals surface area contributed by atoms with Crippen molar-refractivity contribution in [3.8, 4) is 0 Å². The average Bonchev–Trinajstić information content (AvgIpc) is 2.75. The van der Waals surface area contributed by atoms with Crippen molar-refractivity contribution >= 4 is 17.0 Å². The standard InChI is InChI=1S/C11H13N3O2/c1-3-7(2)16-11(15)9-4-8-6-13-14-10(8)12-5-9/h4-7H,3H2,1-2H3,(H,12,13,14). The number of fused-ring (bicyclic) bond motifs is 1. The van der Waals surface area contributed by atoms with Crippen LogP contribution in [0, 0.1) is 0 Å². The number of rotatable bonds is 3. The third-order valence-corrected chi connectivity index (χ3v) is 2.41. The molecule has 0 amide bonds. The van der Waals surface area contributed by atoms with Crippen LogP contribution in [0.3, 0.4) is 0 Å². The van der Waals surface area contributed by atoms with E-state index in [4.69, 9.17) is 4.74 Å². The van der Waals surface area contributed by atoms with Gasteiger partial charge in [-0.2, -0.15) is 5.10 Å². The van der Waals surface area contributed by atoms with Gasteiger partial charge in [0, 0.05) is 11.6 Å². The largest absolute Gasteiger partial charge is 0.459 e. The van der Waals surface area contributed by atoms with Crippen LogP contribution in [0.25, 0.3) is 11.0 Å². The zero-order chi connectivity index (χ0) is 11.5. The third-order valence-electron chi connectivity index (χ3n) is 2.41. The Hall–Kier alpha value is -1.91. The molecule has 0 aliphatic carbocycles. The van der Waals surface area contributed by atoms with Crippen molar-refractivity contribution in [3.05, 3.63) is 24.0 Å². The first kappa shape index (κ1) is 10.6. The summed E-state index contributed by atoms with van der Waals surface area (Å²) in [6.07, 6.45) is 3.84. The molecule has 0 aromatic carbocycles. The van der Waals surface area contributed by atoms with Crippen LogP contribution in [0.15, 0.2) is 18.5 Å².